The second-order valence-corrected chi connectivity index (χ2v) is 12.8. The van der Waals surface area contributed by atoms with Gasteiger partial charge in [-0.2, -0.15) is 0 Å². The Bertz CT molecular complexity index is 1900. The molecule has 1 aromatic heterocycles. The van der Waals surface area contributed by atoms with E-state index in [1.807, 2.05) is 71.6 Å². The topological polar surface area (TPSA) is 91.7 Å². The number of halogens is 1. The highest BCUT2D eigenvalue weighted by molar-refractivity contribution is 9.10. The van der Waals surface area contributed by atoms with Gasteiger partial charge in [0.15, 0.2) is 0 Å². The van der Waals surface area contributed by atoms with E-state index in [1.54, 1.807) is 42.5 Å². The van der Waals surface area contributed by atoms with Gasteiger partial charge in [0.1, 0.15) is 17.2 Å². The van der Waals surface area contributed by atoms with E-state index in [1.165, 1.54) is 23.4 Å². The van der Waals surface area contributed by atoms with E-state index in [0.717, 1.165) is 27.0 Å². The summed E-state index contributed by atoms with van der Waals surface area (Å²) in [5, 5.41) is 5.60. The van der Waals surface area contributed by atoms with Crippen molar-refractivity contribution in [1.82, 2.24) is 5.32 Å². The van der Waals surface area contributed by atoms with Crippen molar-refractivity contribution < 1.29 is 18.8 Å². The summed E-state index contributed by atoms with van der Waals surface area (Å²) in [6.07, 6.45) is 2.36. The maximum absolute atomic E-state index is 13.5. The van der Waals surface area contributed by atoms with Gasteiger partial charge in [0.2, 0.25) is 5.91 Å². The minimum atomic E-state index is -0.511. The Kier molecular flexibility index (Phi) is 9.51. The number of benzene rings is 4. The van der Waals surface area contributed by atoms with E-state index >= 15 is 0 Å². The van der Waals surface area contributed by atoms with E-state index in [9.17, 15) is 14.4 Å². The van der Waals surface area contributed by atoms with Gasteiger partial charge in [-0.05, 0) is 85.6 Å². The quantitative estimate of drug-likeness (QED) is 0.120. The smallest absolute Gasteiger partial charge is 0.272 e. The third-order valence-corrected chi connectivity index (χ3v) is 9.05. The third kappa shape index (κ3) is 7.33. The van der Waals surface area contributed by atoms with Crippen LogP contribution in [0.25, 0.3) is 17.4 Å². The van der Waals surface area contributed by atoms with Crippen LogP contribution in [0, 0.1) is 0 Å². The minimum Gasteiger partial charge on any atom is -0.457 e. The fourth-order valence-electron chi connectivity index (χ4n) is 5.28. The average molecular weight is 693 g/mol. The zero-order chi connectivity index (χ0) is 32.0. The Hall–Kier alpha value is -4.86. The van der Waals surface area contributed by atoms with Crippen LogP contribution in [-0.2, 0) is 16.0 Å². The van der Waals surface area contributed by atoms with Gasteiger partial charge >= 0.3 is 0 Å². The van der Waals surface area contributed by atoms with Gasteiger partial charge in [0.05, 0.1) is 5.75 Å². The summed E-state index contributed by atoms with van der Waals surface area (Å²) in [5.41, 5.74) is 4.03. The molecule has 7 nitrogen and oxygen atoms in total. The second-order valence-electron chi connectivity index (χ2n) is 10.8. The van der Waals surface area contributed by atoms with E-state index in [-0.39, 0.29) is 17.6 Å². The number of hydrogen-bond donors (Lipinski definition) is 2. The molecule has 1 atom stereocenters. The van der Waals surface area contributed by atoms with Crippen molar-refractivity contribution in [3.8, 4) is 11.3 Å². The largest absolute Gasteiger partial charge is 0.457 e. The number of thioether (sulfide) groups is 1. The molecule has 1 aliphatic heterocycles. The van der Waals surface area contributed by atoms with Gasteiger partial charge < -0.3 is 20.0 Å². The molecule has 4 aromatic carbocycles. The van der Waals surface area contributed by atoms with Crippen molar-refractivity contribution in [1.29, 1.82) is 0 Å². The first-order valence-corrected chi connectivity index (χ1v) is 16.5. The van der Waals surface area contributed by atoms with Gasteiger partial charge in [-0.15, -0.1) is 11.8 Å². The molecule has 0 bridgehead atoms. The van der Waals surface area contributed by atoms with Crippen LogP contribution in [0.3, 0.4) is 0 Å². The summed E-state index contributed by atoms with van der Waals surface area (Å²) in [4.78, 5) is 42.4. The molecule has 0 fully saturated rings. The highest BCUT2D eigenvalue weighted by Crippen LogP contribution is 2.33. The van der Waals surface area contributed by atoms with Crippen molar-refractivity contribution in [2.75, 3.05) is 16.0 Å². The monoisotopic (exact) mass is 691 g/mol. The van der Waals surface area contributed by atoms with E-state index in [2.05, 4.69) is 39.6 Å². The van der Waals surface area contributed by atoms with Crippen LogP contribution in [0.5, 0.6) is 0 Å². The van der Waals surface area contributed by atoms with Gasteiger partial charge in [0.25, 0.3) is 11.8 Å². The SMILES string of the molecule is CC1Cc2ccccc2N1C(=O)CSc1ccc(NC(=O)C(=Cc2ccc(-c3ccc(Br)cc3)o2)NC(=O)c2ccccc2)cc1. The number of nitrogens with one attached hydrogen (secondary N) is 2. The molecule has 2 N–H and O–H groups in total. The van der Waals surface area contributed by atoms with Gasteiger partial charge in [-0.3, -0.25) is 14.4 Å². The predicted molar refractivity (Wildman–Crippen MR) is 187 cm³/mol. The van der Waals surface area contributed by atoms with Crippen LogP contribution in [0.4, 0.5) is 11.4 Å². The number of nitrogens with zero attached hydrogens (tertiary/aromatic N) is 1. The lowest BCUT2D eigenvalue weighted by molar-refractivity contribution is -0.116. The van der Waals surface area contributed by atoms with Gasteiger partial charge in [-0.25, -0.2) is 0 Å². The lowest BCUT2D eigenvalue weighted by Gasteiger charge is -2.22. The molecule has 0 aliphatic carbocycles. The zero-order valence-corrected chi connectivity index (χ0v) is 27.3. The Morgan fingerprint density at radius 1 is 0.891 bits per heavy atom. The van der Waals surface area contributed by atoms with Crippen LogP contribution in [0.15, 0.2) is 135 Å². The lowest BCUT2D eigenvalue weighted by Crippen LogP contribution is -2.36. The highest BCUT2D eigenvalue weighted by Gasteiger charge is 2.30. The van der Waals surface area contributed by atoms with Gasteiger partial charge in [-0.1, -0.05) is 64.5 Å². The molecule has 3 amide bonds. The molecule has 0 radical (unpaired) electrons. The number of carbonyl (C=O) groups excluding carboxylic acids is 3. The van der Waals surface area contributed by atoms with Crippen LogP contribution >= 0.6 is 27.7 Å². The van der Waals surface area contributed by atoms with Crippen LogP contribution in [0.1, 0.15) is 28.6 Å². The fourth-order valence-corrected chi connectivity index (χ4v) is 6.30. The maximum atomic E-state index is 13.5. The van der Waals surface area contributed by atoms with Crippen LogP contribution in [0.2, 0.25) is 0 Å². The first kappa shape index (κ1) is 31.1. The number of carbonyl (C=O) groups is 3. The summed E-state index contributed by atoms with van der Waals surface area (Å²) in [7, 11) is 0. The number of fused-ring (bicyclic) bond motifs is 1. The molecule has 9 heteroatoms. The molecular weight excluding hydrogens is 662 g/mol. The molecule has 0 saturated heterocycles. The molecule has 0 spiro atoms. The first-order valence-electron chi connectivity index (χ1n) is 14.7. The normalized spacial score (nSPS) is 14.1. The minimum absolute atomic E-state index is 0.0228. The van der Waals surface area contributed by atoms with Crippen LogP contribution in [-0.4, -0.2) is 29.5 Å². The molecule has 6 rings (SSSR count). The van der Waals surface area contributed by atoms with Crippen molar-refractivity contribution in [2.24, 2.45) is 0 Å². The van der Waals surface area contributed by atoms with Crippen LogP contribution < -0.4 is 15.5 Å². The number of amides is 3. The van der Waals surface area contributed by atoms with E-state index < -0.39 is 11.8 Å². The number of anilines is 2. The molecule has 5 aromatic rings. The molecule has 0 saturated carbocycles. The maximum Gasteiger partial charge on any atom is 0.272 e. The Morgan fingerprint density at radius 3 is 2.37 bits per heavy atom. The summed E-state index contributed by atoms with van der Waals surface area (Å²) >= 11 is 4.88. The van der Waals surface area contributed by atoms with Crippen molar-refractivity contribution in [3.05, 3.63) is 142 Å². The first-order chi connectivity index (χ1) is 22.3. The molecular formula is C37H30BrN3O4S. The van der Waals surface area contributed by atoms with E-state index in [0.29, 0.717) is 28.5 Å². The fraction of sp³-hybridized carbons (Fsp3) is 0.108. The molecule has 2 heterocycles. The Labute approximate surface area is 279 Å². The lowest BCUT2D eigenvalue weighted by atomic mass is 10.1. The second kappa shape index (κ2) is 14.1. The van der Waals surface area contributed by atoms with Gasteiger partial charge in [0, 0.05) is 44.0 Å². The van der Waals surface area contributed by atoms with Crippen molar-refractivity contribution in [3.63, 3.8) is 0 Å². The standard InChI is InChI=1S/C37H30BrN3O4S/c1-24-21-27-9-5-6-10-33(27)41(24)35(42)23-46-31-18-15-29(16-19-31)39-37(44)32(40-36(43)26-7-3-2-4-8-26)22-30-17-20-34(45-30)25-11-13-28(38)14-12-25/h2-20,22,24H,21,23H2,1H3,(H,39,44)(H,40,43). The third-order valence-electron chi connectivity index (χ3n) is 7.52. The Balaban J connectivity index is 1.14. The summed E-state index contributed by atoms with van der Waals surface area (Å²) in [6.45, 7) is 2.07. The number of furan rings is 1. The van der Waals surface area contributed by atoms with E-state index in [4.69, 9.17) is 4.42 Å². The highest BCUT2D eigenvalue weighted by atomic mass is 79.9. The number of para-hydroxylation sites is 1. The van der Waals surface area contributed by atoms with Crippen molar-refractivity contribution in [2.45, 2.75) is 24.3 Å². The number of rotatable bonds is 9. The molecule has 1 aliphatic rings. The molecule has 230 valence electrons. The number of hydrogen-bond acceptors (Lipinski definition) is 5. The summed E-state index contributed by atoms with van der Waals surface area (Å²) in [6, 6.07) is 35.3. The summed E-state index contributed by atoms with van der Waals surface area (Å²) in [5.74, 6) is 0.459. The average Bonchev–Trinajstić information content (AvgIpc) is 3.68. The predicted octanol–water partition coefficient (Wildman–Crippen LogP) is 8.19. The molecule has 46 heavy (non-hydrogen) atoms. The molecule has 1 unspecified atom stereocenters. The zero-order valence-electron chi connectivity index (χ0n) is 24.9. The van der Waals surface area contributed by atoms with Crippen molar-refractivity contribution >= 4 is 62.9 Å². The Morgan fingerprint density at radius 2 is 1.61 bits per heavy atom. The summed E-state index contributed by atoms with van der Waals surface area (Å²) < 4.78 is 6.95.